The fourth-order valence-electron chi connectivity index (χ4n) is 3.36. The second kappa shape index (κ2) is 9.62. The average molecular weight is 382 g/mol. The number of carbonyl (C=O) groups excluding carboxylic acids is 1. The largest absolute Gasteiger partial charge is 0.379 e. The predicted molar refractivity (Wildman–Crippen MR) is 109 cm³/mol. The van der Waals surface area contributed by atoms with Crippen molar-refractivity contribution in [2.45, 2.75) is 19.9 Å². The smallest absolute Gasteiger partial charge is 0.247 e. The highest BCUT2D eigenvalue weighted by Gasteiger charge is 2.23. The molecule has 148 valence electrons. The van der Waals surface area contributed by atoms with E-state index >= 15 is 0 Å². The van der Waals surface area contributed by atoms with Gasteiger partial charge in [0, 0.05) is 30.8 Å². The summed E-state index contributed by atoms with van der Waals surface area (Å²) in [5.41, 5.74) is 3.27. The third kappa shape index (κ3) is 5.27. The summed E-state index contributed by atoms with van der Waals surface area (Å²) in [5.74, 6) is -0.519. The Morgan fingerprint density at radius 3 is 2.54 bits per heavy atom. The van der Waals surface area contributed by atoms with Crippen LogP contribution in [0.25, 0.3) is 6.08 Å². The molecule has 2 aromatic carbocycles. The maximum atomic E-state index is 13.8. The monoisotopic (exact) mass is 382 g/mol. The van der Waals surface area contributed by atoms with Gasteiger partial charge in [0.1, 0.15) is 5.82 Å². The molecule has 1 unspecified atom stereocenters. The Balaban J connectivity index is 1.71. The van der Waals surface area contributed by atoms with Crippen molar-refractivity contribution < 1.29 is 13.9 Å². The predicted octanol–water partition coefficient (Wildman–Crippen LogP) is 3.73. The summed E-state index contributed by atoms with van der Waals surface area (Å²) in [6.07, 6.45) is 1.58. The van der Waals surface area contributed by atoms with Gasteiger partial charge in [-0.1, -0.05) is 48.0 Å². The lowest BCUT2D eigenvalue weighted by atomic mass is 10.0. The van der Waals surface area contributed by atoms with Crippen molar-refractivity contribution in [2.24, 2.45) is 0 Å². The third-order valence-electron chi connectivity index (χ3n) is 5.04. The number of nitrogens with one attached hydrogen (secondary N) is 1. The van der Waals surface area contributed by atoms with Crippen molar-refractivity contribution in [3.05, 3.63) is 76.6 Å². The van der Waals surface area contributed by atoms with Gasteiger partial charge < -0.3 is 10.1 Å². The quantitative estimate of drug-likeness (QED) is 0.774. The van der Waals surface area contributed by atoms with Crippen LogP contribution >= 0.6 is 0 Å². The summed E-state index contributed by atoms with van der Waals surface area (Å²) in [6, 6.07) is 14.9. The number of benzene rings is 2. The number of halogens is 1. The molecule has 0 radical (unpaired) electrons. The first-order valence-electron chi connectivity index (χ1n) is 9.64. The van der Waals surface area contributed by atoms with Crippen LogP contribution in [0.15, 0.2) is 54.1 Å². The summed E-state index contributed by atoms with van der Waals surface area (Å²) in [6.45, 7) is 7.32. The lowest BCUT2D eigenvalue weighted by molar-refractivity contribution is -0.117. The molecular weight excluding hydrogens is 355 g/mol. The number of morpholine rings is 1. The second-order valence-corrected chi connectivity index (χ2v) is 7.13. The van der Waals surface area contributed by atoms with E-state index in [2.05, 4.69) is 41.4 Å². The van der Waals surface area contributed by atoms with E-state index in [9.17, 15) is 9.18 Å². The van der Waals surface area contributed by atoms with E-state index in [1.807, 2.05) is 0 Å². The third-order valence-corrected chi connectivity index (χ3v) is 5.04. The molecule has 1 amide bonds. The van der Waals surface area contributed by atoms with Gasteiger partial charge in [-0.2, -0.15) is 0 Å². The summed E-state index contributed by atoms with van der Waals surface area (Å²) in [4.78, 5) is 14.9. The van der Waals surface area contributed by atoms with Gasteiger partial charge in [-0.3, -0.25) is 9.69 Å². The van der Waals surface area contributed by atoms with Gasteiger partial charge in [-0.15, -0.1) is 0 Å². The lowest BCUT2D eigenvalue weighted by Crippen LogP contribution is -2.44. The normalized spacial score (nSPS) is 16.6. The Morgan fingerprint density at radius 1 is 1.18 bits per heavy atom. The minimum Gasteiger partial charge on any atom is -0.379 e. The summed E-state index contributed by atoms with van der Waals surface area (Å²) < 4.78 is 19.3. The molecule has 1 atom stereocenters. The molecule has 0 aliphatic carbocycles. The SMILES string of the molecule is C/C(=C\c1ccccc1F)C(=O)NCC(c1ccc(C)cc1)N1CCOCC1. The van der Waals surface area contributed by atoms with Crippen molar-refractivity contribution in [1.82, 2.24) is 10.2 Å². The van der Waals surface area contributed by atoms with E-state index in [4.69, 9.17) is 4.74 Å². The van der Waals surface area contributed by atoms with Crippen LogP contribution < -0.4 is 5.32 Å². The highest BCUT2D eigenvalue weighted by molar-refractivity contribution is 5.97. The zero-order chi connectivity index (χ0) is 19.9. The minimum atomic E-state index is -0.333. The van der Waals surface area contributed by atoms with Crippen LogP contribution in [0.2, 0.25) is 0 Å². The van der Waals surface area contributed by atoms with Crippen molar-refractivity contribution in [1.29, 1.82) is 0 Å². The van der Waals surface area contributed by atoms with Crippen LogP contribution in [0.1, 0.15) is 29.7 Å². The first kappa shape index (κ1) is 20.2. The van der Waals surface area contributed by atoms with Crippen molar-refractivity contribution in [3.8, 4) is 0 Å². The van der Waals surface area contributed by atoms with E-state index < -0.39 is 0 Å². The van der Waals surface area contributed by atoms with Crippen molar-refractivity contribution in [2.75, 3.05) is 32.8 Å². The topological polar surface area (TPSA) is 41.6 Å². The van der Waals surface area contributed by atoms with E-state index in [1.165, 1.54) is 17.2 Å². The van der Waals surface area contributed by atoms with Crippen LogP contribution in [-0.4, -0.2) is 43.7 Å². The zero-order valence-electron chi connectivity index (χ0n) is 16.5. The van der Waals surface area contributed by atoms with Crippen LogP contribution in [0.3, 0.4) is 0 Å². The number of amides is 1. The van der Waals surface area contributed by atoms with Crippen molar-refractivity contribution in [3.63, 3.8) is 0 Å². The maximum Gasteiger partial charge on any atom is 0.247 e. The maximum absolute atomic E-state index is 13.8. The number of rotatable bonds is 6. The average Bonchev–Trinajstić information content (AvgIpc) is 2.71. The van der Waals surface area contributed by atoms with E-state index in [1.54, 1.807) is 31.2 Å². The Hall–Kier alpha value is -2.50. The molecule has 1 saturated heterocycles. The number of hydrogen-bond acceptors (Lipinski definition) is 3. The Kier molecular flexibility index (Phi) is 6.95. The highest BCUT2D eigenvalue weighted by atomic mass is 19.1. The Bertz CT molecular complexity index is 827. The van der Waals surface area contributed by atoms with Gasteiger partial charge in [0.25, 0.3) is 0 Å². The fraction of sp³-hybridized carbons (Fsp3) is 0.348. The molecule has 0 spiro atoms. The van der Waals surface area contributed by atoms with Gasteiger partial charge in [0.05, 0.1) is 19.3 Å². The van der Waals surface area contributed by atoms with Crippen LogP contribution in [0, 0.1) is 12.7 Å². The molecule has 4 nitrogen and oxygen atoms in total. The lowest BCUT2D eigenvalue weighted by Gasteiger charge is -2.35. The first-order valence-corrected chi connectivity index (χ1v) is 9.64. The molecule has 28 heavy (non-hydrogen) atoms. The van der Waals surface area contributed by atoms with Gasteiger partial charge in [-0.05, 0) is 31.6 Å². The molecule has 1 heterocycles. The highest BCUT2D eigenvalue weighted by Crippen LogP contribution is 2.22. The number of aryl methyl sites for hydroxylation is 1. The molecule has 5 heteroatoms. The van der Waals surface area contributed by atoms with E-state index in [0.717, 1.165) is 13.1 Å². The zero-order valence-corrected chi connectivity index (χ0v) is 16.5. The molecule has 1 N–H and O–H groups in total. The summed E-state index contributed by atoms with van der Waals surface area (Å²) in [5, 5.41) is 3.02. The van der Waals surface area contributed by atoms with Crippen LogP contribution in [-0.2, 0) is 9.53 Å². The molecule has 0 bridgehead atoms. The van der Waals surface area contributed by atoms with Gasteiger partial charge >= 0.3 is 0 Å². The molecule has 1 fully saturated rings. The Morgan fingerprint density at radius 2 is 1.86 bits per heavy atom. The first-order chi connectivity index (χ1) is 13.5. The summed E-state index contributed by atoms with van der Waals surface area (Å²) >= 11 is 0. The van der Waals surface area contributed by atoms with Gasteiger partial charge in [-0.25, -0.2) is 4.39 Å². The number of nitrogens with zero attached hydrogens (tertiary/aromatic N) is 1. The van der Waals surface area contributed by atoms with E-state index in [-0.39, 0.29) is 17.8 Å². The standard InChI is InChI=1S/C23H27FN2O2/c1-17-7-9-19(10-8-17)22(26-11-13-28-14-12-26)16-25-23(27)18(2)15-20-5-3-4-6-21(20)24/h3-10,15,22H,11-14,16H2,1-2H3,(H,25,27)/b18-15+. The number of carbonyl (C=O) groups is 1. The molecule has 0 saturated carbocycles. The van der Waals surface area contributed by atoms with Crippen molar-refractivity contribution >= 4 is 12.0 Å². The molecule has 2 aromatic rings. The van der Waals surface area contributed by atoms with Crippen LogP contribution in [0.4, 0.5) is 4.39 Å². The molecule has 1 aliphatic rings. The number of ether oxygens (including phenoxy) is 1. The summed E-state index contributed by atoms with van der Waals surface area (Å²) in [7, 11) is 0. The molecular formula is C23H27FN2O2. The van der Waals surface area contributed by atoms with Crippen LogP contribution in [0.5, 0.6) is 0 Å². The minimum absolute atomic E-state index is 0.0784. The molecule has 0 aromatic heterocycles. The van der Waals surface area contributed by atoms with E-state index in [0.29, 0.717) is 30.9 Å². The molecule has 1 aliphatic heterocycles. The fourth-order valence-corrected chi connectivity index (χ4v) is 3.36. The number of hydrogen-bond donors (Lipinski definition) is 1. The van der Waals surface area contributed by atoms with Gasteiger partial charge in [0.15, 0.2) is 0 Å². The second-order valence-electron chi connectivity index (χ2n) is 7.13. The molecule has 3 rings (SSSR count). The Labute approximate surface area is 166 Å². The van der Waals surface area contributed by atoms with Gasteiger partial charge in [0.2, 0.25) is 5.91 Å².